The number of anilines is 1. The van der Waals surface area contributed by atoms with Crippen LogP contribution in [0.5, 0.6) is 0 Å². The summed E-state index contributed by atoms with van der Waals surface area (Å²) < 4.78 is 0. The standard InChI is InChI=1S/C16H19N3OS2.ClH/c1-3-21-12-6-4-11(5-7-12)15(20)18-16-17-13-8-9-19(2)10-14(13)22-16;/h4-7H,3,8-10H2,1-2H3,(H,17,18,20);1H. The van der Waals surface area contributed by atoms with Gasteiger partial charge in [-0.25, -0.2) is 4.98 Å². The third-order valence-electron chi connectivity index (χ3n) is 3.57. The maximum Gasteiger partial charge on any atom is 0.257 e. The van der Waals surface area contributed by atoms with E-state index in [9.17, 15) is 4.79 Å². The molecule has 2 heterocycles. The average molecular weight is 370 g/mol. The van der Waals surface area contributed by atoms with E-state index in [0.717, 1.165) is 31.0 Å². The summed E-state index contributed by atoms with van der Waals surface area (Å²) in [5, 5.41) is 3.63. The van der Waals surface area contributed by atoms with Gasteiger partial charge in [0.25, 0.3) is 5.91 Å². The highest BCUT2D eigenvalue weighted by molar-refractivity contribution is 7.99. The summed E-state index contributed by atoms with van der Waals surface area (Å²) >= 11 is 3.36. The van der Waals surface area contributed by atoms with E-state index in [1.54, 1.807) is 23.1 Å². The number of halogens is 1. The first-order valence-corrected chi connectivity index (χ1v) is 9.17. The maximum absolute atomic E-state index is 12.3. The van der Waals surface area contributed by atoms with Crippen LogP contribution in [-0.2, 0) is 13.0 Å². The lowest BCUT2D eigenvalue weighted by atomic mass is 10.2. The summed E-state index contributed by atoms with van der Waals surface area (Å²) in [5.41, 5.74) is 1.80. The van der Waals surface area contributed by atoms with Crippen molar-refractivity contribution in [3.8, 4) is 0 Å². The van der Waals surface area contributed by atoms with Crippen LogP contribution in [0.2, 0.25) is 0 Å². The van der Waals surface area contributed by atoms with Crippen molar-refractivity contribution in [1.82, 2.24) is 9.88 Å². The van der Waals surface area contributed by atoms with Gasteiger partial charge in [0.1, 0.15) is 0 Å². The number of hydrogen-bond acceptors (Lipinski definition) is 5. The van der Waals surface area contributed by atoms with Gasteiger partial charge in [-0.05, 0) is 37.1 Å². The second-order valence-electron chi connectivity index (χ2n) is 5.29. The molecule has 0 spiro atoms. The van der Waals surface area contributed by atoms with Gasteiger partial charge in [0.15, 0.2) is 5.13 Å². The minimum Gasteiger partial charge on any atom is -0.301 e. The molecule has 3 rings (SSSR count). The van der Waals surface area contributed by atoms with Gasteiger partial charge >= 0.3 is 0 Å². The molecule has 0 bridgehead atoms. The summed E-state index contributed by atoms with van der Waals surface area (Å²) in [6.07, 6.45) is 0.959. The molecule has 1 aromatic heterocycles. The van der Waals surface area contributed by atoms with E-state index < -0.39 is 0 Å². The summed E-state index contributed by atoms with van der Waals surface area (Å²) in [5.74, 6) is 0.942. The van der Waals surface area contributed by atoms with E-state index in [0.29, 0.717) is 10.7 Å². The molecule has 1 aromatic carbocycles. The van der Waals surface area contributed by atoms with Crippen LogP contribution in [-0.4, -0.2) is 35.1 Å². The van der Waals surface area contributed by atoms with E-state index >= 15 is 0 Å². The van der Waals surface area contributed by atoms with Crippen LogP contribution in [0.3, 0.4) is 0 Å². The quantitative estimate of drug-likeness (QED) is 0.830. The molecule has 23 heavy (non-hydrogen) atoms. The number of thioether (sulfide) groups is 1. The summed E-state index contributed by atoms with van der Waals surface area (Å²) in [6, 6.07) is 7.72. The Bertz CT molecular complexity index is 672. The first-order valence-electron chi connectivity index (χ1n) is 7.37. The Balaban J connectivity index is 0.00000192. The predicted octanol–water partition coefficient (Wildman–Crippen LogP) is 3.92. The fraction of sp³-hybridized carbons (Fsp3) is 0.375. The molecular formula is C16H20ClN3OS2. The van der Waals surface area contributed by atoms with Crippen molar-refractivity contribution < 1.29 is 4.79 Å². The zero-order chi connectivity index (χ0) is 15.5. The van der Waals surface area contributed by atoms with E-state index in [1.807, 2.05) is 24.3 Å². The number of fused-ring (bicyclic) bond motifs is 1. The Hall–Kier alpha value is -1.08. The van der Waals surface area contributed by atoms with Crippen LogP contribution in [0.1, 0.15) is 27.9 Å². The van der Waals surface area contributed by atoms with Crippen LogP contribution in [0.25, 0.3) is 0 Å². The van der Waals surface area contributed by atoms with Gasteiger partial charge in [-0.3, -0.25) is 10.1 Å². The Labute approximate surface area is 151 Å². The van der Waals surface area contributed by atoms with Crippen LogP contribution in [0.4, 0.5) is 5.13 Å². The summed E-state index contributed by atoms with van der Waals surface area (Å²) in [4.78, 5) is 21.6. The number of hydrogen-bond donors (Lipinski definition) is 1. The summed E-state index contributed by atoms with van der Waals surface area (Å²) in [7, 11) is 2.11. The van der Waals surface area contributed by atoms with Gasteiger partial charge in [-0.15, -0.1) is 35.5 Å². The fourth-order valence-corrected chi connectivity index (χ4v) is 4.16. The van der Waals surface area contributed by atoms with Gasteiger partial charge in [0.05, 0.1) is 5.69 Å². The fourth-order valence-electron chi connectivity index (χ4n) is 2.42. The number of thiazole rings is 1. The highest BCUT2D eigenvalue weighted by Crippen LogP contribution is 2.28. The van der Waals surface area contributed by atoms with E-state index in [1.165, 1.54) is 9.77 Å². The number of amides is 1. The molecule has 7 heteroatoms. The van der Waals surface area contributed by atoms with Crippen molar-refractivity contribution in [2.75, 3.05) is 24.7 Å². The number of likely N-dealkylation sites (N-methyl/N-ethyl adjacent to an activating group) is 1. The second-order valence-corrected chi connectivity index (χ2v) is 7.71. The molecule has 124 valence electrons. The molecular weight excluding hydrogens is 350 g/mol. The highest BCUT2D eigenvalue weighted by atomic mass is 35.5. The topological polar surface area (TPSA) is 45.2 Å². The van der Waals surface area contributed by atoms with Crippen molar-refractivity contribution in [2.24, 2.45) is 0 Å². The summed E-state index contributed by atoms with van der Waals surface area (Å²) in [6.45, 7) is 4.07. The van der Waals surface area contributed by atoms with Gasteiger partial charge in [0, 0.05) is 34.8 Å². The van der Waals surface area contributed by atoms with E-state index in [2.05, 4.69) is 29.2 Å². The SMILES string of the molecule is CCSc1ccc(C(=O)Nc2nc3c(s2)CN(C)CC3)cc1.Cl. The van der Waals surface area contributed by atoms with Gasteiger partial charge in [-0.2, -0.15) is 0 Å². The highest BCUT2D eigenvalue weighted by Gasteiger charge is 2.19. The molecule has 1 aliphatic rings. The third kappa shape index (κ3) is 4.47. The maximum atomic E-state index is 12.3. The average Bonchev–Trinajstić information content (AvgIpc) is 2.89. The molecule has 4 nitrogen and oxygen atoms in total. The number of aromatic nitrogens is 1. The van der Waals surface area contributed by atoms with Gasteiger partial charge < -0.3 is 4.90 Å². The number of carbonyl (C=O) groups excluding carboxylic acids is 1. The third-order valence-corrected chi connectivity index (χ3v) is 5.46. The van der Waals surface area contributed by atoms with Crippen molar-refractivity contribution >= 4 is 46.5 Å². The first kappa shape index (κ1) is 18.3. The Kier molecular flexibility index (Phi) is 6.47. The number of nitrogens with zero attached hydrogens (tertiary/aromatic N) is 2. The lowest BCUT2D eigenvalue weighted by Crippen LogP contribution is -2.25. The number of nitrogens with one attached hydrogen (secondary N) is 1. The monoisotopic (exact) mass is 369 g/mol. The molecule has 0 atom stereocenters. The Morgan fingerprint density at radius 1 is 1.39 bits per heavy atom. The van der Waals surface area contributed by atoms with E-state index in [4.69, 9.17) is 0 Å². The zero-order valence-corrected chi connectivity index (χ0v) is 15.6. The minimum atomic E-state index is -0.0903. The van der Waals surface area contributed by atoms with Crippen LogP contribution >= 0.6 is 35.5 Å². The van der Waals surface area contributed by atoms with Crippen molar-refractivity contribution in [1.29, 1.82) is 0 Å². The van der Waals surface area contributed by atoms with Gasteiger partial charge in [0.2, 0.25) is 0 Å². The number of benzene rings is 1. The predicted molar refractivity (Wildman–Crippen MR) is 100 cm³/mol. The van der Waals surface area contributed by atoms with Crippen LogP contribution < -0.4 is 5.32 Å². The molecule has 0 saturated carbocycles. The van der Waals surface area contributed by atoms with Crippen molar-refractivity contribution in [3.63, 3.8) is 0 Å². The second kappa shape index (κ2) is 8.15. The lowest BCUT2D eigenvalue weighted by molar-refractivity contribution is 0.102. The molecule has 2 aromatic rings. The molecule has 0 aliphatic carbocycles. The normalized spacial score (nSPS) is 14.0. The molecule has 1 aliphatic heterocycles. The zero-order valence-electron chi connectivity index (χ0n) is 13.2. The smallest absolute Gasteiger partial charge is 0.257 e. The molecule has 0 unspecified atom stereocenters. The Morgan fingerprint density at radius 3 is 2.83 bits per heavy atom. The number of carbonyl (C=O) groups is 1. The van der Waals surface area contributed by atoms with E-state index in [-0.39, 0.29) is 18.3 Å². The molecule has 0 fully saturated rings. The molecule has 1 N–H and O–H groups in total. The first-order chi connectivity index (χ1) is 10.7. The van der Waals surface area contributed by atoms with Crippen LogP contribution in [0, 0.1) is 0 Å². The van der Waals surface area contributed by atoms with Crippen molar-refractivity contribution in [2.45, 2.75) is 24.8 Å². The molecule has 0 saturated heterocycles. The van der Waals surface area contributed by atoms with Crippen LogP contribution in [0.15, 0.2) is 29.2 Å². The van der Waals surface area contributed by atoms with Gasteiger partial charge in [-0.1, -0.05) is 6.92 Å². The lowest BCUT2D eigenvalue weighted by Gasteiger charge is -2.20. The Morgan fingerprint density at radius 2 is 2.13 bits per heavy atom. The van der Waals surface area contributed by atoms with Crippen molar-refractivity contribution in [3.05, 3.63) is 40.4 Å². The largest absolute Gasteiger partial charge is 0.301 e. The molecule has 1 amide bonds. The minimum absolute atomic E-state index is 0. The number of rotatable bonds is 4. The molecule has 0 radical (unpaired) electrons.